The first-order chi connectivity index (χ1) is 14.4. The Kier molecular flexibility index (Phi) is 5.79. The Morgan fingerprint density at radius 2 is 1.73 bits per heavy atom. The maximum Gasteiger partial charge on any atom is 0.236 e. The van der Waals surface area contributed by atoms with Gasteiger partial charge in [0.05, 0.1) is 6.54 Å². The van der Waals surface area contributed by atoms with E-state index in [1.165, 1.54) is 32.1 Å². The van der Waals surface area contributed by atoms with Gasteiger partial charge in [-0.2, -0.15) is 8.61 Å². The monoisotopic (exact) mass is 453 g/mol. The fourth-order valence-electron chi connectivity index (χ4n) is 6.55. The van der Waals surface area contributed by atoms with Crippen molar-refractivity contribution in [2.24, 2.45) is 23.7 Å². The van der Waals surface area contributed by atoms with Gasteiger partial charge in [-0.15, -0.1) is 0 Å². The standard InChI is InChI=1S/C22H32ClN3O3S/c23-20-4-1-3-15(12-20)13-25-5-2-6-26(30(25,28)29)14-21(27)24-22-18-8-16-7-17(10-18)11-19(22)9-16/h1,3-4,12,16-19,22,28-29H,2,5-11,13-14H2,(H,24,27). The molecule has 0 aromatic heterocycles. The van der Waals surface area contributed by atoms with Gasteiger partial charge in [0.15, 0.2) is 0 Å². The summed E-state index contributed by atoms with van der Waals surface area (Å²) >= 11 is 6.08. The summed E-state index contributed by atoms with van der Waals surface area (Å²) in [6.45, 7) is 1.54. The molecule has 1 heterocycles. The second-order valence-corrected chi connectivity index (χ2v) is 12.2. The molecule has 0 atom stereocenters. The Balaban J connectivity index is 1.21. The van der Waals surface area contributed by atoms with Gasteiger partial charge in [0.25, 0.3) is 0 Å². The lowest BCUT2D eigenvalue weighted by molar-refractivity contribution is -0.125. The van der Waals surface area contributed by atoms with Crippen molar-refractivity contribution in [3.8, 4) is 0 Å². The molecule has 166 valence electrons. The summed E-state index contributed by atoms with van der Waals surface area (Å²) in [5, 5.41) is 3.93. The minimum Gasteiger partial charge on any atom is -0.352 e. The minimum absolute atomic E-state index is 0.0389. The van der Waals surface area contributed by atoms with Crippen LogP contribution in [0, 0.1) is 23.7 Å². The number of benzene rings is 1. The molecule has 5 fully saturated rings. The van der Waals surface area contributed by atoms with E-state index in [-0.39, 0.29) is 18.5 Å². The quantitative estimate of drug-likeness (QED) is 0.617. The lowest BCUT2D eigenvalue weighted by Gasteiger charge is -2.55. The van der Waals surface area contributed by atoms with E-state index in [9.17, 15) is 13.9 Å². The Bertz CT molecular complexity index is 780. The third kappa shape index (κ3) is 4.12. The number of hydrogen-bond acceptors (Lipinski definition) is 5. The van der Waals surface area contributed by atoms with Gasteiger partial charge in [-0.3, -0.25) is 13.9 Å². The van der Waals surface area contributed by atoms with Crippen molar-refractivity contribution in [2.75, 3.05) is 19.6 Å². The molecule has 1 aromatic carbocycles. The lowest BCUT2D eigenvalue weighted by Crippen LogP contribution is -2.57. The normalized spacial score (nSPS) is 36.6. The van der Waals surface area contributed by atoms with Crippen molar-refractivity contribution in [3.63, 3.8) is 0 Å². The molecular weight excluding hydrogens is 422 g/mol. The van der Waals surface area contributed by atoms with Crippen LogP contribution in [0.3, 0.4) is 0 Å². The van der Waals surface area contributed by atoms with Crippen LogP contribution in [-0.4, -0.2) is 49.3 Å². The molecule has 6 rings (SSSR count). The number of amides is 1. The Labute approximate surface area is 185 Å². The van der Waals surface area contributed by atoms with E-state index in [0.29, 0.717) is 36.5 Å². The van der Waals surface area contributed by atoms with Crippen LogP contribution in [0.5, 0.6) is 0 Å². The molecule has 0 spiro atoms. The van der Waals surface area contributed by atoms with Crippen LogP contribution < -0.4 is 5.32 Å². The molecule has 1 amide bonds. The fourth-order valence-corrected chi connectivity index (χ4v) is 8.45. The van der Waals surface area contributed by atoms with Crippen LogP contribution in [-0.2, 0) is 11.3 Å². The molecule has 8 heteroatoms. The van der Waals surface area contributed by atoms with Crippen molar-refractivity contribution in [1.82, 2.24) is 13.9 Å². The highest BCUT2D eigenvalue weighted by atomic mass is 35.5. The molecule has 1 saturated heterocycles. The first-order valence-corrected chi connectivity index (χ1v) is 13.0. The van der Waals surface area contributed by atoms with Crippen LogP contribution in [0.15, 0.2) is 24.3 Å². The second kappa shape index (κ2) is 8.26. The van der Waals surface area contributed by atoms with Crippen molar-refractivity contribution >= 4 is 28.5 Å². The van der Waals surface area contributed by atoms with Gasteiger partial charge in [-0.1, -0.05) is 34.7 Å². The fraction of sp³-hybridized carbons (Fsp3) is 0.682. The molecule has 4 bridgehead atoms. The van der Waals surface area contributed by atoms with Crippen LogP contribution in [0.2, 0.25) is 5.02 Å². The first kappa shape index (κ1) is 21.0. The van der Waals surface area contributed by atoms with Crippen molar-refractivity contribution < 1.29 is 13.9 Å². The number of hydrogen-bond donors (Lipinski definition) is 3. The van der Waals surface area contributed by atoms with Gasteiger partial charge in [0, 0.05) is 30.7 Å². The molecule has 6 nitrogen and oxygen atoms in total. The predicted molar refractivity (Wildman–Crippen MR) is 120 cm³/mol. The van der Waals surface area contributed by atoms with Gasteiger partial charge >= 0.3 is 0 Å². The summed E-state index contributed by atoms with van der Waals surface area (Å²) in [5.74, 6) is 2.90. The largest absolute Gasteiger partial charge is 0.352 e. The summed E-state index contributed by atoms with van der Waals surface area (Å²) in [7, 11) is -3.17. The molecule has 1 aromatic rings. The first-order valence-electron chi connectivity index (χ1n) is 11.2. The second-order valence-electron chi connectivity index (χ2n) is 9.72. The van der Waals surface area contributed by atoms with Crippen molar-refractivity contribution in [2.45, 2.75) is 51.1 Å². The van der Waals surface area contributed by atoms with Crippen LogP contribution >= 0.6 is 22.6 Å². The van der Waals surface area contributed by atoms with E-state index in [1.807, 2.05) is 18.2 Å². The van der Waals surface area contributed by atoms with Crippen molar-refractivity contribution in [1.29, 1.82) is 0 Å². The molecule has 30 heavy (non-hydrogen) atoms. The van der Waals surface area contributed by atoms with E-state index in [4.69, 9.17) is 11.6 Å². The van der Waals surface area contributed by atoms with Gasteiger partial charge in [0.2, 0.25) is 5.91 Å². The summed E-state index contributed by atoms with van der Waals surface area (Å²) in [6, 6.07) is 7.72. The maximum atomic E-state index is 12.9. The Morgan fingerprint density at radius 3 is 2.40 bits per heavy atom. The van der Waals surface area contributed by atoms with Gasteiger partial charge in [-0.05, 0) is 79.9 Å². The number of nitrogens with one attached hydrogen (secondary N) is 1. The smallest absolute Gasteiger partial charge is 0.236 e. The number of carbonyl (C=O) groups is 1. The summed E-state index contributed by atoms with van der Waals surface area (Å²) in [6.07, 6.45) is 7.20. The highest BCUT2D eigenvalue weighted by Crippen LogP contribution is 2.54. The summed E-state index contributed by atoms with van der Waals surface area (Å²) < 4.78 is 25.2. The van der Waals surface area contributed by atoms with Gasteiger partial charge in [0.1, 0.15) is 0 Å². The average molecular weight is 454 g/mol. The predicted octanol–water partition coefficient (Wildman–Crippen LogP) is 4.37. The summed E-state index contributed by atoms with van der Waals surface area (Å²) in [4.78, 5) is 12.9. The molecule has 1 aliphatic heterocycles. The van der Waals surface area contributed by atoms with Gasteiger partial charge in [-0.25, -0.2) is 0 Å². The third-order valence-electron chi connectivity index (χ3n) is 7.63. The Hall–Kier alpha value is -0.830. The molecule has 0 radical (unpaired) electrons. The van der Waals surface area contributed by atoms with Crippen LogP contribution in [0.1, 0.15) is 44.1 Å². The third-order valence-corrected chi connectivity index (χ3v) is 9.87. The molecule has 4 saturated carbocycles. The summed E-state index contributed by atoms with van der Waals surface area (Å²) in [5.41, 5.74) is 0.933. The van der Waals surface area contributed by atoms with E-state index < -0.39 is 11.0 Å². The zero-order valence-corrected chi connectivity index (χ0v) is 18.8. The average Bonchev–Trinajstić information content (AvgIpc) is 2.67. The lowest BCUT2D eigenvalue weighted by atomic mass is 9.54. The van der Waals surface area contributed by atoms with E-state index >= 15 is 0 Å². The number of rotatable bonds is 5. The number of nitrogens with zero attached hydrogens (tertiary/aromatic N) is 2. The SMILES string of the molecule is O=C(CN1CCCN(Cc2cccc(Cl)c2)S1(O)O)NC1C2CC3CC(C2)CC1C3. The van der Waals surface area contributed by atoms with Crippen LogP contribution in [0.4, 0.5) is 0 Å². The molecule has 3 N–H and O–H groups in total. The van der Waals surface area contributed by atoms with E-state index in [1.54, 1.807) is 14.7 Å². The zero-order chi connectivity index (χ0) is 20.9. The Morgan fingerprint density at radius 1 is 1.07 bits per heavy atom. The van der Waals surface area contributed by atoms with Crippen LogP contribution in [0.25, 0.3) is 0 Å². The molecule has 4 aliphatic carbocycles. The highest BCUT2D eigenvalue weighted by Gasteiger charge is 2.48. The number of halogens is 1. The maximum absolute atomic E-state index is 12.9. The number of carbonyl (C=O) groups excluding carboxylic acids is 1. The van der Waals surface area contributed by atoms with Gasteiger partial charge < -0.3 is 5.32 Å². The minimum atomic E-state index is -3.17. The zero-order valence-electron chi connectivity index (χ0n) is 17.3. The topological polar surface area (TPSA) is 76.0 Å². The van der Waals surface area contributed by atoms with E-state index in [0.717, 1.165) is 23.8 Å². The van der Waals surface area contributed by atoms with E-state index in [2.05, 4.69) is 5.32 Å². The molecular formula is C22H32ClN3O3S. The molecule has 5 aliphatic rings. The highest BCUT2D eigenvalue weighted by molar-refractivity contribution is 8.20. The molecule has 0 unspecified atom stereocenters. The van der Waals surface area contributed by atoms with Crippen molar-refractivity contribution in [3.05, 3.63) is 34.9 Å².